The van der Waals surface area contributed by atoms with E-state index >= 15 is 0 Å². The average Bonchev–Trinajstić information content (AvgIpc) is 2.06. The summed E-state index contributed by atoms with van der Waals surface area (Å²) in [6, 6.07) is 9.38. The van der Waals surface area contributed by atoms with Crippen molar-refractivity contribution < 1.29 is 9.84 Å². The van der Waals surface area contributed by atoms with Crippen LogP contribution in [0.15, 0.2) is 30.3 Å². The fraction of sp³-hybridized carbons (Fsp3) is 0.333. The van der Waals surface area contributed by atoms with Crippen LogP contribution in [0.5, 0.6) is 0 Å². The van der Waals surface area contributed by atoms with Gasteiger partial charge < -0.3 is 15.2 Å². The largest absolute Gasteiger partial charge is 0.349 e. The Balaban J connectivity index is 2.64. The zero-order valence-corrected chi connectivity index (χ0v) is 7.24. The van der Waals surface area contributed by atoms with Gasteiger partial charge in [0, 0.05) is 19.7 Å². The maximum atomic E-state index is 9.44. The summed E-state index contributed by atoms with van der Waals surface area (Å²) in [6.07, 6.45) is 0. The van der Waals surface area contributed by atoms with E-state index in [1.807, 2.05) is 30.3 Å². The van der Waals surface area contributed by atoms with Crippen LogP contribution in [-0.4, -0.2) is 18.1 Å². The molecule has 12 heavy (non-hydrogen) atoms. The van der Waals surface area contributed by atoms with Crippen molar-refractivity contribution in [1.29, 1.82) is 0 Å². The highest BCUT2D eigenvalue weighted by Gasteiger charge is 2.17. The van der Waals surface area contributed by atoms with Gasteiger partial charge in [-0.2, -0.15) is 0 Å². The van der Waals surface area contributed by atoms with Gasteiger partial charge in [0.1, 0.15) is 0 Å². The lowest BCUT2D eigenvalue weighted by molar-refractivity contribution is -0.147. The Bertz CT molecular complexity index is 234. The zero-order chi connectivity index (χ0) is 9.03. The smallest absolute Gasteiger partial charge is 0.243 e. The molecular weight excluding hydrogens is 154 g/mol. The highest BCUT2D eigenvalue weighted by atomic mass is 16.6. The Morgan fingerprint density at radius 3 is 2.42 bits per heavy atom. The summed E-state index contributed by atoms with van der Waals surface area (Å²) >= 11 is 0. The molecule has 1 aromatic carbocycles. The molecule has 0 amide bonds. The fourth-order valence-electron chi connectivity index (χ4n) is 0.840. The van der Waals surface area contributed by atoms with Crippen molar-refractivity contribution in [3.8, 4) is 0 Å². The third-order valence-corrected chi connectivity index (χ3v) is 1.55. The van der Waals surface area contributed by atoms with E-state index in [1.54, 1.807) is 6.92 Å². The van der Waals surface area contributed by atoms with Crippen molar-refractivity contribution in [3.63, 3.8) is 0 Å². The standard InChI is InChI=1S/C9H13NO2/c1-9(11,12-2)10-8-6-4-3-5-7-8/h3-7,10-11H,1-2H3. The zero-order valence-electron chi connectivity index (χ0n) is 7.24. The van der Waals surface area contributed by atoms with Gasteiger partial charge in [0.25, 0.3) is 0 Å². The maximum Gasteiger partial charge on any atom is 0.243 e. The molecule has 0 saturated carbocycles. The normalized spacial score (nSPS) is 15.2. The van der Waals surface area contributed by atoms with Gasteiger partial charge in [-0.1, -0.05) is 18.2 Å². The first kappa shape index (κ1) is 9.03. The topological polar surface area (TPSA) is 41.5 Å². The van der Waals surface area contributed by atoms with Crippen LogP contribution in [0.2, 0.25) is 0 Å². The predicted molar refractivity (Wildman–Crippen MR) is 47.7 cm³/mol. The number of methoxy groups -OCH3 is 1. The summed E-state index contributed by atoms with van der Waals surface area (Å²) in [7, 11) is 1.44. The lowest BCUT2D eigenvalue weighted by atomic mass is 10.3. The Labute approximate surface area is 72.0 Å². The van der Waals surface area contributed by atoms with Gasteiger partial charge in [0.05, 0.1) is 0 Å². The van der Waals surface area contributed by atoms with Crippen molar-refractivity contribution >= 4 is 5.69 Å². The predicted octanol–water partition coefficient (Wildman–Crippen LogP) is 1.41. The molecule has 0 saturated heterocycles. The van der Waals surface area contributed by atoms with E-state index in [0.717, 1.165) is 5.69 Å². The SMILES string of the molecule is COC(C)(O)Nc1ccccc1. The quantitative estimate of drug-likeness (QED) is 0.669. The summed E-state index contributed by atoms with van der Waals surface area (Å²) in [6.45, 7) is 1.54. The van der Waals surface area contributed by atoms with Gasteiger partial charge in [0.15, 0.2) is 0 Å². The first-order valence-electron chi connectivity index (χ1n) is 3.75. The van der Waals surface area contributed by atoms with Crippen LogP contribution in [0.4, 0.5) is 5.69 Å². The molecule has 0 aliphatic carbocycles. The van der Waals surface area contributed by atoms with Gasteiger partial charge in [-0.05, 0) is 12.1 Å². The Morgan fingerprint density at radius 1 is 1.33 bits per heavy atom. The number of hydrogen-bond donors (Lipinski definition) is 2. The molecule has 66 valence electrons. The summed E-state index contributed by atoms with van der Waals surface area (Å²) in [5.74, 6) is -1.30. The minimum Gasteiger partial charge on any atom is -0.349 e. The molecule has 1 unspecified atom stereocenters. The molecule has 1 atom stereocenters. The molecular formula is C9H13NO2. The number of benzene rings is 1. The number of anilines is 1. The number of rotatable bonds is 3. The second-order valence-electron chi connectivity index (χ2n) is 2.68. The minimum atomic E-state index is -1.30. The number of hydrogen-bond acceptors (Lipinski definition) is 3. The van der Waals surface area contributed by atoms with Crippen molar-refractivity contribution in [1.82, 2.24) is 0 Å². The van der Waals surface area contributed by atoms with Crippen LogP contribution in [0.3, 0.4) is 0 Å². The summed E-state index contributed by atoms with van der Waals surface area (Å²) in [5, 5.41) is 12.2. The van der Waals surface area contributed by atoms with Crippen molar-refractivity contribution in [2.24, 2.45) is 0 Å². The number of ether oxygens (including phenoxy) is 1. The van der Waals surface area contributed by atoms with Crippen molar-refractivity contribution in [3.05, 3.63) is 30.3 Å². The number of aliphatic hydroxyl groups is 1. The average molecular weight is 167 g/mol. The van der Waals surface area contributed by atoms with E-state index < -0.39 is 5.91 Å². The molecule has 0 spiro atoms. The van der Waals surface area contributed by atoms with Crippen LogP contribution in [0, 0.1) is 0 Å². The molecule has 0 fully saturated rings. The number of para-hydroxylation sites is 1. The molecule has 0 aliphatic heterocycles. The van der Waals surface area contributed by atoms with E-state index in [-0.39, 0.29) is 0 Å². The first-order valence-corrected chi connectivity index (χ1v) is 3.75. The van der Waals surface area contributed by atoms with Crippen LogP contribution >= 0.6 is 0 Å². The van der Waals surface area contributed by atoms with Gasteiger partial charge in [-0.15, -0.1) is 0 Å². The minimum absolute atomic E-state index is 0.823. The molecule has 3 nitrogen and oxygen atoms in total. The molecule has 0 radical (unpaired) electrons. The molecule has 0 aromatic heterocycles. The number of nitrogens with one attached hydrogen (secondary N) is 1. The van der Waals surface area contributed by atoms with E-state index in [9.17, 15) is 5.11 Å². The Hall–Kier alpha value is -1.06. The maximum absolute atomic E-state index is 9.44. The molecule has 0 heterocycles. The summed E-state index contributed by atoms with van der Waals surface area (Å²) in [4.78, 5) is 0. The highest BCUT2D eigenvalue weighted by Crippen LogP contribution is 2.12. The van der Waals surface area contributed by atoms with Gasteiger partial charge >= 0.3 is 0 Å². The van der Waals surface area contributed by atoms with Crippen molar-refractivity contribution in [2.45, 2.75) is 12.8 Å². The van der Waals surface area contributed by atoms with Gasteiger partial charge in [0.2, 0.25) is 5.91 Å². The fourth-order valence-corrected chi connectivity index (χ4v) is 0.840. The third kappa shape index (κ3) is 2.53. The second kappa shape index (κ2) is 3.56. The Kier molecular flexibility index (Phi) is 2.68. The molecule has 1 aromatic rings. The van der Waals surface area contributed by atoms with Crippen LogP contribution in [-0.2, 0) is 4.74 Å². The van der Waals surface area contributed by atoms with Crippen molar-refractivity contribution in [2.75, 3.05) is 12.4 Å². The van der Waals surface area contributed by atoms with E-state index in [0.29, 0.717) is 0 Å². The lowest BCUT2D eigenvalue weighted by Crippen LogP contribution is -2.36. The van der Waals surface area contributed by atoms with E-state index in [4.69, 9.17) is 4.74 Å². The highest BCUT2D eigenvalue weighted by molar-refractivity contribution is 5.43. The molecule has 2 N–H and O–H groups in total. The molecule has 1 rings (SSSR count). The first-order chi connectivity index (χ1) is 5.64. The lowest BCUT2D eigenvalue weighted by Gasteiger charge is -2.23. The Morgan fingerprint density at radius 2 is 1.92 bits per heavy atom. The van der Waals surface area contributed by atoms with E-state index in [1.165, 1.54) is 7.11 Å². The van der Waals surface area contributed by atoms with Crippen LogP contribution in [0.25, 0.3) is 0 Å². The van der Waals surface area contributed by atoms with Gasteiger partial charge in [-0.25, -0.2) is 0 Å². The van der Waals surface area contributed by atoms with E-state index in [2.05, 4.69) is 5.32 Å². The monoisotopic (exact) mass is 167 g/mol. The second-order valence-corrected chi connectivity index (χ2v) is 2.68. The molecule has 3 heteroatoms. The van der Waals surface area contributed by atoms with Crippen LogP contribution < -0.4 is 5.32 Å². The van der Waals surface area contributed by atoms with Crippen LogP contribution in [0.1, 0.15) is 6.92 Å². The molecule has 0 bridgehead atoms. The third-order valence-electron chi connectivity index (χ3n) is 1.55. The molecule has 0 aliphatic rings. The summed E-state index contributed by atoms with van der Waals surface area (Å²) < 4.78 is 4.79. The van der Waals surface area contributed by atoms with Gasteiger partial charge in [-0.3, -0.25) is 0 Å². The summed E-state index contributed by atoms with van der Waals surface area (Å²) in [5.41, 5.74) is 0.823.